The van der Waals surface area contributed by atoms with Crippen LogP contribution in [-0.2, 0) is 6.18 Å². The second kappa shape index (κ2) is 3.65. The molecule has 6 heteroatoms. The molecule has 76 valence electrons. The molecular formula is C8H5F4NO. The van der Waals surface area contributed by atoms with Crippen LogP contribution in [0, 0.1) is 0 Å². The highest BCUT2D eigenvalue weighted by molar-refractivity contribution is 5.83. The number of anilines is 1. The standard InChI is InChI=1S/C8H5F4NO/c9-7(14)13-6-3-1-5(2-4-6)8(10,11)12/h1-4H,(H,13,14). The van der Waals surface area contributed by atoms with Gasteiger partial charge in [0.1, 0.15) is 0 Å². The Balaban J connectivity index is 2.84. The van der Waals surface area contributed by atoms with Crippen molar-refractivity contribution in [3.05, 3.63) is 29.8 Å². The molecule has 1 N–H and O–H groups in total. The first-order valence-corrected chi connectivity index (χ1v) is 3.53. The van der Waals surface area contributed by atoms with Gasteiger partial charge in [0.15, 0.2) is 0 Å². The van der Waals surface area contributed by atoms with Crippen LogP contribution in [-0.4, -0.2) is 6.16 Å². The number of nitrogens with one attached hydrogen (secondary N) is 1. The number of benzene rings is 1. The largest absolute Gasteiger partial charge is 0.416 e. The molecule has 0 heterocycles. The van der Waals surface area contributed by atoms with E-state index in [1.165, 1.54) is 0 Å². The van der Waals surface area contributed by atoms with E-state index < -0.39 is 17.9 Å². The minimum Gasteiger partial charge on any atom is -0.298 e. The maximum Gasteiger partial charge on any atom is 0.416 e. The zero-order chi connectivity index (χ0) is 10.8. The van der Waals surface area contributed by atoms with Gasteiger partial charge in [0.25, 0.3) is 0 Å². The first-order valence-electron chi connectivity index (χ1n) is 3.53. The van der Waals surface area contributed by atoms with Crippen molar-refractivity contribution < 1.29 is 22.4 Å². The maximum atomic E-state index is 12.0. The van der Waals surface area contributed by atoms with Crippen molar-refractivity contribution in [1.29, 1.82) is 0 Å². The molecule has 0 aromatic heterocycles. The van der Waals surface area contributed by atoms with Crippen LogP contribution in [0.15, 0.2) is 24.3 Å². The Bertz CT molecular complexity index is 330. The summed E-state index contributed by atoms with van der Waals surface area (Å²) in [5.41, 5.74) is -0.875. The van der Waals surface area contributed by atoms with Gasteiger partial charge in [0.2, 0.25) is 0 Å². The highest BCUT2D eigenvalue weighted by Gasteiger charge is 2.29. The van der Waals surface area contributed by atoms with Crippen molar-refractivity contribution in [2.75, 3.05) is 5.32 Å². The van der Waals surface area contributed by atoms with Crippen LogP contribution in [0.3, 0.4) is 0 Å². The molecular weight excluding hydrogens is 202 g/mol. The SMILES string of the molecule is O=C(F)Nc1ccc(C(F)(F)F)cc1. The number of halogens is 4. The van der Waals surface area contributed by atoms with Crippen LogP contribution in [0.1, 0.15) is 5.56 Å². The second-order valence-electron chi connectivity index (χ2n) is 2.47. The van der Waals surface area contributed by atoms with E-state index in [1.54, 1.807) is 5.32 Å². The third-order valence-corrected chi connectivity index (χ3v) is 1.45. The van der Waals surface area contributed by atoms with Crippen LogP contribution >= 0.6 is 0 Å². The third-order valence-electron chi connectivity index (χ3n) is 1.45. The van der Waals surface area contributed by atoms with Gasteiger partial charge in [0.05, 0.1) is 5.56 Å². The van der Waals surface area contributed by atoms with Gasteiger partial charge in [-0.15, -0.1) is 4.39 Å². The normalized spacial score (nSPS) is 11.1. The van der Waals surface area contributed by atoms with Gasteiger partial charge in [-0.25, -0.2) is 4.79 Å². The van der Waals surface area contributed by atoms with Crippen LogP contribution in [0.5, 0.6) is 0 Å². The zero-order valence-corrected chi connectivity index (χ0v) is 6.73. The fourth-order valence-corrected chi connectivity index (χ4v) is 0.856. The number of amides is 1. The highest BCUT2D eigenvalue weighted by Crippen LogP contribution is 2.29. The van der Waals surface area contributed by atoms with Gasteiger partial charge in [-0.2, -0.15) is 13.2 Å². The summed E-state index contributed by atoms with van der Waals surface area (Å²) in [6, 6.07) is 3.46. The molecule has 0 saturated carbocycles. The molecule has 14 heavy (non-hydrogen) atoms. The van der Waals surface area contributed by atoms with Gasteiger partial charge in [-0.1, -0.05) is 0 Å². The van der Waals surface area contributed by atoms with Gasteiger partial charge in [-0.05, 0) is 24.3 Å². The maximum absolute atomic E-state index is 12.0. The van der Waals surface area contributed by atoms with Gasteiger partial charge in [0, 0.05) is 5.69 Å². The number of carbonyl (C=O) groups excluding carboxylic acids is 1. The lowest BCUT2D eigenvalue weighted by atomic mass is 10.2. The minimum absolute atomic E-state index is 0.0227. The summed E-state index contributed by atoms with van der Waals surface area (Å²) in [6.45, 7) is 0. The molecule has 0 aliphatic carbocycles. The first kappa shape index (κ1) is 10.5. The molecule has 0 radical (unpaired) electrons. The molecule has 1 amide bonds. The molecule has 2 nitrogen and oxygen atoms in total. The Morgan fingerprint density at radius 3 is 2.00 bits per heavy atom. The lowest BCUT2D eigenvalue weighted by Gasteiger charge is -2.06. The number of hydrogen-bond donors (Lipinski definition) is 1. The highest BCUT2D eigenvalue weighted by atomic mass is 19.4. The van der Waals surface area contributed by atoms with E-state index in [4.69, 9.17) is 0 Å². The summed E-state index contributed by atoms with van der Waals surface area (Å²) in [5, 5.41) is 1.71. The second-order valence-corrected chi connectivity index (χ2v) is 2.47. The number of alkyl halides is 3. The zero-order valence-electron chi connectivity index (χ0n) is 6.73. The van der Waals surface area contributed by atoms with Gasteiger partial charge in [-0.3, -0.25) is 5.32 Å². The number of hydrogen-bond acceptors (Lipinski definition) is 1. The fraction of sp³-hybridized carbons (Fsp3) is 0.125. The quantitative estimate of drug-likeness (QED) is 0.427. The van der Waals surface area contributed by atoms with Crippen molar-refractivity contribution in [1.82, 2.24) is 0 Å². The molecule has 0 aliphatic heterocycles. The van der Waals surface area contributed by atoms with Gasteiger partial charge < -0.3 is 0 Å². The van der Waals surface area contributed by atoms with Crippen molar-refractivity contribution in [3.8, 4) is 0 Å². The van der Waals surface area contributed by atoms with E-state index >= 15 is 0 Å². The van der Waals surface area contributed by atoms with Crippen LogP contribution < -0.4 is 5.32 Å². The summed E-state index contributed by atoms with van der Waals surface area (Å²) in [5.74, 6) is 0. The Morgan fingerprint density at radius 1 is 1.14 bits per heavy atom. The molecule has 1 rings (SSSR count). The molecule has 1 aromatic rings. The molecule has 0 bridgehead atoms. The Hall–Kier alpha value is -1.59. The van der Waals surface area contributed by atoms with Crippen LogP contribution in [0.4, 0.5) is 28.0 Å². The third kappa shape index (κ3) is 2.72. The Morgan fingerprint density at radius 2 is 1.64 bits per heavy atom. The van der Waals surface area contributed by atoms with E-state index in [9.17, 15) is 22.4 Å². The fourth-order valence-electron chi connectivity index (χ4n) is 0.856. The van der Waals surface area contributed by atoms with E-state index in [-0.39, 0.29) is 5.69 Å². The van der Waals surface area contributed by atoms with E-state index in [0.29, 0.717) is 0 Å². The van der Waals surface area contributed by atoms with Gasteiger partial charge >= 0.3 is 12.3 Å². The lowest BCUT2D eigenvalue weighted by molar-refractivity contribution is -0.137. The van der Waals surface area contributed by atoms with Crippen LogP contribution in [0.2, 0.25) is 0 Å². The van der Waals surface area contributed by atoms with Crippen LogP contribution in [0.25, 0.3) is 0 Å². The predicted octanol–water partition coefficient (Wildman–Crippen LogP) is 3.21. The molecule has 1 aromatic carbocycles. The average Bonchev–Trinajstić information content (AvgIpc) is 2.02. The monoisotopic (exact) mass is 207 g/mol. The predicted molar refractivity (Wildman–Crippen MR) is 41.6 cm³/mol. The summed E-state index contributed by atoms with van der Waals surface area (Å²) in [6.07, 6.45) is -6.25. The first-order chi connectivity index (χ1) is 6.39. The van der Waals surface area contributed by atoms with E-state index in [1.807, 2.05) is 0 Å². The molecule has 0 fully saturated rings. The lowest BCUT2D eigenvalue weighted by Crippen LogP contribution is -2.06. The summed E-state index contributed by atoms with van der Waals surface area (Å²) >= 11 is 0. The van der Waals surface area contributed by atoms with E-state index in [0.717, 1.165) is 24.3 Å². The molecule has 0 saturated heterocycles. The molecule has 0 aliphatic rings. The Kier molecular flexibility index (Phi) is 2.73. The van der Waals surface area contributed by atoms with E-state index in [2.05, 4.69) is 0 Å². The number of carbonyl (C=O) groups is 1. The minimum atomic E-state index is -4.43. The summed E-state index contributed by atoms with van der Waals surface area (Å²) in [4.78, 5) is 9.89. The van der Waals surface area contributed by atoms with Crippen molar-refractivity contribution >= 4 is 11.8 Å². The summed E-state index contributed by atoms with van der Waals surface area (Å²) < 4.78 is 47.8. The summed E-state index contributed by atoms with van der Waals surface area (Å²) in [7, 11) is 0. The molecule has 0 spiro atoms. The Labute approximate surface area is 76.5 Å². The molecule has 0 unspecified atom stereocenters. The number of rotatable bonds is 1. The smallest absolute Gasteiger partial charge is 0.298 e. The van der Waals surface area contributed by atoms with Crippen molar-refractivity contribution in [2.24, 2.45) is 0 Å². The van der Waals surface area contributed by atoms with Crippen molar-refractivity contribution in [2.45, 2.75) is 6.18 Å². The van der Waals surface area contributed by atoms with Crippen molar-refractivity contribution in [3.63, 3.8) is 0 Å². The topological polar surface area (TPSA) is 29.1 Å². The molecule has 0 atom stereocenters. The average molecular weight is 207 g/mol.